The van der Waals surface area contributed by atoms with Gasteiger partial charge in [-0.05, 0) is 91.6 Å². The highest BCUT2D eigenvalue weighted by Gasteiger charge is 2.26. The van der Waals surface area contributed by atoms with Crippen LogP contribution in [0.15, 0.2) is 26.1 Å². The molecule has 0 fully saturated rings. The van der Waals surface area contributed by atoms with Gasteiger partial charge in [-0.25, -0.2) is 14.1 Å². The molecule has 4 rings (SSSR count). The Labute approximate surface area is 169 Å². The number of urea groups is 1. The van der Waals surface area contributed by atoms with Crippen molar-refractivity contribution in [1.29, 1.82) is 0 Å². The van der Waals surface area contributed by atoms with E-state index in [0.717, 1.165) is 55.5 Å². The number of fused-ring (bicyclic) bond motifs is 2. The number of aryl methyl sites for hydroxylation is 2. The van der Waals surface area contributed by atoms with E-state index in [0.29, 0.717) is 5.56 Å². The summed E-state index contributed by atoms with van der Waals surface area (Å²) in [5, 5.41) is 20.6. The number of anilines is 1. The van der Waals surface area contributed by atoms with Crippen molar-refractivity contribution in [2.24, 2.45) is 9.50 Å². The van der Waals surface area contributed by atoms with Gasteiger partial charge in [-0.2, -0.15) is 0 Å². The van der Waals surface area contributed by atoms with Crippen LogP contribution in [0.4, 0.5) is 10.5 Å². The van der Waals surface area contributed by atoms with Crippen molar-refractivity contribution < 1.29 is 14.1 Å². The molecule has 0 saturated carbocycles. The lowest BCUT2D eigenvalue weighted by Gasteiger charge is -2.15. The molecule has 1 aromatic heterocycles. The van der Waals surface area contributed by atoms with Crippen LogP contribution in [0.25, 0.3) is 0 Å². The van der Waals surface area contributed by atoms with Crippen molar-refractivity contribution in [3.63, 3.8) is 0 Å². The summed E-state index contributed by atoms with van der Waals surface area (Å²) in [4.78, 5) is 12.6. The van der Waals surface area contributed by atoms with Crippen LogP contribution in [0.2, 0.25) is 0 Å². The first-order chi connectivity index (χ1) is 13.1. The van der Waals surface area contributed by atoms with Crippen LogP contribution >= 0.6 is 11.3 Å². The van der Waals surface area contributed by atoms with Gasteiger partial charge in [0.25, 0.3) is 0 Å². The van der Waals surface area contributed by atoms with Crippen molar-refractivity contribution in [2.75, 3.05) is 5.32 Å². The minimum absolute atomic E-state index is 0.281. The zero-order valence-electron chi connectivity index (χ0n) is 16.1. The lowest BCUT2D eigenvalue weighted by Crippen LogP contribution is -2.18. The number of carbonyl (C=O) groups excluding carboxylic acids is 1. The second-order valence-corrected chi connectivity index (χ2v) is 11.0. The third kappa shape index (κ3) is 3.61. The highest BCUT2D eigenvalue weighted by Crippen LogP contribution is 2.38. The lowest BCUT2D eigenvalue weighted by atomic mass is 9.99. The maximum Gasteiger partial charge on any atom is 0.354 e. The Morgan fingerprint density at radius 2 is 1.79 bits per heavy atom. The smallest absolute Gasteiger partial charge is 0.354 e. The van der Waals surface area contributed by atoms with Crippen molar-refractivity contribution in [1.82, 2.24) is 0 Å². The number of nitrogens with two attached hydrogens (primary N) is 1. The van der Waals surface area contributed by atoms with E-state index in [1.165, 1.54) is 22.3 Å². The number of rotatable bonds is 3. The Hall–Kier alpha value is -1.74. The summed E-state index contributed by atoms with van der Waals surface area (Å²) < 4.78 is 17.0. The topological polar surface area (TPSA) is 105 Å². The molecule has 0 bridgehead atoms. The van der Waals surface area contributed by atoms with Crippen LogP contribution in [0, 0.1) is 0 Å². The summed E-state index contributed by atoms with van der Waals surface area (Å²) in [5.41, 5.74) is 5.36. The number of carbonyl (C=O) groups is 1. The van der Waals surface area contributed by atoms with Gasteiger partial charge in [0.1, 0.15) is 4.21 Å². The van der Waals surface area contributed by atoms with Gasteiger partial charge < -0.3 is 10.4 Å². The van der Waals surface area contributed by atoms with Crippen LogP contribution in [0.5, 0.6) is 0 Å². The van der Waals surface area contributed by atoms with Gasteiger partial charge >= 0.3 is 6.03 Å². The van der Waals surface area contributed by atoms with Gasteiger partial charge in [-0.15, -0.1) is 15.7 Å². The van der Waals surface area contributed by atoms with E-state index in [-0.39, 0.29) is 4.21 Å². The van der Waals surface area contributed by atoms with Crippen molar-refractivity contribution >= 4 is 33.0 Å². The normalized spacial score (nSPS) is 17.7. The Balaban J connectivity index is 1.65. The number of hydrogen-bond donors (Lipinski definition) is 3. The fourth-order valence-electron chi connectivity index (χ4n) is 4.06. The number of benzene rings is 1. The highest BCUT2D eigenvalue weighted by molar-refractivity contribution is 7.93. The van der Waals surface area contributed by atoms with Gasteiger partial charge in [-0.1, -0.05) is 6.07 Å². The molecule has 1 heterocycles. The third-order valence-electron chi connectivity index (χ3n) is 5.49. The molecule has 0 aliphatic heterocycles. The molecule has 1 aromatic carbocycles. The highest BCUT2D eigenvalue weighted by atomic mass is 32.2. The molecule has 2 aromatic rings. The molecule has 2 aliphatic rings. The summed E-state index contributed by atoms with van der Waals surface area (Å²) >= 11 is 1.14. The Morgan fingerprint density at radius 1 is 1.18 bits per heavy atom. The molecule has 8 heteroatoms. The predicted molar refractivity (Wildman–Crippen MR) is 112 cm³/mol. The third-order valence-corrected chi connectivity index (χ3v) is 8.35. The van der Waals surface area contributed by atoms with Crippen LogP contribution in [-0.4, -0.2) is 15.3 Å². The summed E-state index contributed by atoms with van der Waals surface area (Å²) in [5.74, 6) is 0. The Morgan fingerprint density at radius 3 is 2.32 bits per heavy atom. The molecule has 2 amide bonds. The van der Waals surface area contributed by atoms with E-state index in [1.54, 1.807) is 25.3 Å². The quantitative estimate of drug-likeness (QED) is 0.703. The maximum absolute atomic E-state index is 12.9. The SMILES string of the molecule is CC(C)(O)c1csc(S(N)(=O)=NC(=O)Nc2c3c(cc4c2CCC4)CCC3)c1. The van der Waals surface area contributed by atoms with Gasteiger partial charge in [0, 0.05) is 5.69 Å². The second-order valence-electron chi connectivity index (χ2n) is 8.04. The average Bonchev–Trinajstić information content (AvgIpc) is 3.33. The molecule has 4 N–H and O–H groups in total. The van der Waals surface area contributed by atoms with Gasteiger partial charge in [0.15, 0.2) is 9.92 Å². The monoisotopic (exact) mass is 419 g/mol. The summed E-state index contributed by atoms with van der Waals surface area (Å²) in [6.45, 7) is 3.27. The molecule has 0 radical (unpaired) electrons. The van der Waals surface area contributed by atoms with E-state index in [4.69, 9.17) is 5.14 Å². The van der Waals surface area contributed by atoms with Crippen molar-refractivity contribution in [3.05, 3.63) is 45.3 Å². The van der Waals surface area contributed by atoms with Crippen LogP contribution < -0.4 is 10.5 Å². The number of thiophene rings is 1. The summed E-state index contributed by atoms with van der Waals surface area (Å²) in [6.07, 6.45) is 6.12. The molecule has 150 valence electrons. The van der Waals surface area contributed by atoms with Crippen molar-refractivity contribution in [3.8, 4) is 0 Å². The average molecular weight is 420 g/mol. The number of nitrogens with zero attached hydrogens (tertiary/aromatic N) is 1. The van der Waals surface area contributed by atoms with E-state index < -0.39 is 21.5 Å². The zero-order chi connectivity index (χ0) is 20.1. The number of hydrogen-bond acceptors (Lipinski definition) is 4. The number of aliphatic hydroxyl groups is 1. The fraction of sp³-hybridized carbons (Fsp3) is 0.450. The summed E-state index contributed by atoms with van der Waals surface area (Å²) in [6, 6.07) is 3.16. The molecular formula is C20H25N3O3S2. The molecule has 28 heavy (non-hydrogen) atoms. The molecule has 2 aliphatic carbocycles. The Kier molecular flexibility index (Phi) is 4.86. The van der Waals surface area contributed by atoms with E-state index in [2.05, 4.69) is 15.7 Å². The molecule has 0 spiro atoms. The standard InChI is InChI=1S/C20H25N3O3S2/c1-20(2,25)14-10-17(27-11-14)28(21,26)23-19(24)22-18-15-7-3-5-12(15)9-13-6-4-8-16(13)18/h9-11,25H,3-8H2,1-2H3,(H3,21,22,23,24,26). The number of nitrogens with one attached hydrogen (secondary N) is 1. The zero-order valence-corrected chi connectivity index (χ0v) is 17.7. The lowest BCUT2D eigenvalue weighted by molar-refractivity contribution is 0.0789. The Bertz CT molecular complexity index is 1040. The largest absolute Gasteiger partial charge is 0.386 e. The van der Waals surface area contributed by atoms with Crippen molar-refractivity contribution in [2.45, 2.75) is 62.2 Å². The minimum atomic E-state index is -3.38. The van der Waals surface area contributed by atoms with Crippen LogP contribution in [0.1, 0.15) is 54.5 Å². The van der Waals surface area contributed by atoms with E-state index in [9.17, 15) is 14.1 Å². The molecule has 1 unspecified atom stereocenters. The maximum atomic E-state index is 12.9. The van der Waals surface area contributed by atoms with Crippen LogP contribution in [-0.2, 0) is 41.2 Å². The molecule has 6 nitrogen and oxygen atoms in total. The minimum Gasteiger partial charge on any atom is -0.386 e. The summed E-state index contributed by atoms with van der Waals surface area (Å²) in [7, 11) is -3.38. The number of amides is 2. The van der Waals surface area contributed by atoms with Gasteiger partial charge in [0.05, 0.1) is 5.60 Å². The first-order valence-electron chi connectivity index (χ1n) is 9.49. The van der Waals surface area contributed by atoms with Gasteiger partial charge in [-0.3, -0.25) is 0 Å². The second kappa shape index (κ2) is 6.95. The van der Waals surface area contributed by atoms with Gasteiger partial charge in [0.2, 0.25) is 0 Å². The first kappa shape index (κ1) is 19.6. The first-order valence-corrected chi connectivity index (χ1v) is 11.9. The predicted octanol–water partition coefficient (Wildman–Crippen LogP) is 3.89. The molecule has 0 saturated heterocycles. The fourth-order valence-corrected chi connectivity index (χ4v) is 6.34. The molecular weight excluding hydrogens is 394 g/mol. The van der Waals surface area contributed by atoms with Crippen LogP contribution in [0.3, 0.4) is 0 Å². The van der Waals surface area contributed by atoms with E-state index >= 15 is 0 Å². The molecule has 1 atom stereocenters. The van der Waals surface area contributed by atoms with E-state index in [1.807, 2.05) is 0 Å².